The molecule has 1 aromatic heterocycles. The first-order chi connectivity index (χ1) is 18.1. The number of H-pyrrole nitrogens is 1. The molecule has 0 aliphatic rings. The van der Waals surface area contributed by atoms with Crippen LogP contribution in [0, 0.1) is 5.82 Å². The van der Waals surface area contributed by atoms with E-state index in [2.05, 4.69) is 10.3 Å². The molecule has 7 heteroatoms. The molecule has 0 bridgehead atoms. The zero-order chi connectivity index (χ0) is 27.3. The average molecular weight is 514 g/mol. The Morgan fingerprint density at radius 3 is 2.18 bits per heavy atom. The Labute approximate surface area is 222 Å². The predicted octanol–water partition coefficient (Wildman–Crippen LogP) is 6.13. The maximum absolute atomic E-state index is 14.1. The van der Waals surface area contributed by atoms with E-state index in [1.807, 2.05) is 81.4 Å². The molecule has 0 radical (unpaired) electrons. The number of aromatic amines is 1. The largest absolute Gasteiger partial charge is 0.497 e. The third kappa shape index (κ3) is 6.48. The molecule has 0 saturated carbocycles. The van der Waals surface area contributed by atoms with Gasteiger partial charge in [-0.1, -0.05) is 54.6 Å². The Morgan fingerprint density at radius 2 is 1.58 bits per heavy atom. The van der Waals surface area contributed by atoms with Gasteiger partial charge in [-0.25, -0.2) is 4.39 Å². The average Bonchev–Trinajstić information content (AvgIpc) is 3.39. The quantitative estimate of drug-likeness (QED) is 0.298. The van der Waals surface area contributed by atoms with Crippen LogP contribution in [0.2, 0.25) is 0 Å². The fourth-order valence-corrected chi connectivity index (χ4v) is 4.22. The fraction of sp³-hybridized carbons (Fsp3) is 0.226. The maximum Gasteiger partial charge on any atom is 0.271 e. The highest BCUT2D eigenvalue weighted by Gasteiger charge is 2.34. The van der Waals surface area contributed by atoms with Crippen molar-refractivity contribution >= 4 is 11.8 Å². The number of rotatable bonds is 8. The van der Waals surface area contributed by atoms with Crippen LogP contribution in [0.15, 0.2) is 91.0 Å². The summed E-state index contributed by atoms with van der Waals surface area (Å²) < 4.78 is 19.1. The van der Waals surface area contributed by atoms with E-state index in [0.717, 1.165) is 16.8 Å². The van der Waals surface area contributed by atoms with Gasteiger partial charge in [-0.2, -0.15) is 0 Å². The van der Waals surface area contributed by atoms with Gasteiger partial charge in [0.1, 0.15) is 23.3 Å². The van der Waals surface area contributed by atoms with Crippen LogP contribution in [0.5, 0.6) is 5.75 Å². The lowest BCUT2D eigenvalue weighted by Crippen LogP contribution is -2.49. The smallest absolute Gasteiger partial charge is 0.271 e. The van der Waals surface area contributed by atoms with Crippen molar-refractivity contribution in [2.75, 3.05) is 7.11 Å². The van der Waals surface area contributed by atoms with Crippen molar-refractivity contribution in [1.29, 1.82) is 0 Å². The van der Waals surface area contributed by atoms with E-state index < -0.39 is 17.4 Å². The maximum atomic E-state index is 14.1. The predicted molar refractivity (Wildman–Crippen MR) is 146 cm³/mol. The molecule has 0 aliphatic heterocycles. The molecule has 0 fully saturated rings. The van der Waals surface area contributed by atoms with Gasteiger partial charge in [0.15, 0.2) is 0 Å². The summed E-state index contributed by atoms with van der Waals surface area (Å²) in [6.07, 6.45) is 0. The highest BCUT2D eigenvalue weighted by molar-refractivity contribution is 5.97. The monoisotopic (exact) mass is 513 g/mol. The van der Waals surface area contributed by atoms with E-state index in [0.29, 0.717) is 17.0 Å². The summed E-state index contributed by atoms with van der Waals surface area (Å²) in [7, 11) is 1.59. The summed E-state index contributed by atoms with van der Waals surface area (Å²) in [5.74, 6) is -0.458. The number of carbonyl (C=O) groups excluding carboxylic acids is 2. The normalized spacial score (nSPS) is 12.0. The molecule has 1 heterocycles. The van der Waals surface area contributed by atoms with E-state index in [1.54, 1.807) is 25.3 Å². The van der Waals surface area contributed by atoms with E-state index in [9.17, 15) is 14.0 Å². The topological polar surface area (TPSA) is 74.4 Å². The lowest BCUT2D eigenvalue weighted by molar-refractivity contribution is -0.127. The second-order valence-corrected chi connectivity index (χ2v) is 10.1. The Hall–Kier alpha value is -4.39. The molecule has 3 aromatic carbocycles. The number of benzene rings is 3. The van der Waals surface area contributed by atoms with Gasteiger partial charge in [-0.3, -0.25) is 9.59 Å². The molecule has 38 heavy (non-hydrogen) atoms. The number of carbonyl (C=O) groups is 2. The summed E-state index contributed by atoms with van der Waals surface area (Å²) >= 11 is 0. The number of hydrogen-bond acceptors (Lipinski definition) is 3. The minimum atomic E-state index is -1.01. The molecule has 4 aromatic rings. The number of nitrogens with zero attached hydrogens (tertiary/aromatic N) is 1. The number of halogens is 1. The number of hydrogen-bond donors (Lipinski definition) is 2. The Balaban J connectivity index is 1.78. The van der Waals surface area contributed by atoms with Crippen LogP contribution in [0.3, 0.4) is 0 Å². The first-order valence-corrected chi connectivity index (χ1v) is 12.4. The van der Waals surface area contributed by atoms with Crippen LogP contribution in [0.1, 0.15) is 48.4 Å². The van der Waals surface area contributed by atoms with Gasteiger partial charge < -0.3 is 19.9 Å². The van der Waals surface area contributed by atoms with Crippen molar-refractivity contribution in [2.45, 2.75) is 38.9 Å². The van der Waals surface area contributed by atoms with Crippen LogP contribution in [0.25, 0.3) is 11.3 Å². The molecular formula is C31H32FN3O3. The molecule has 0 aliphatic carbocycles. The molecule has 6 nitrogen and oxygen atoms in total. The number of nitrogens with one attached hydrogen (secondary N) is 2. The van der Waals surface area contributed by atoms with Gasteiger partial charge in [0.05, 0.1) is 7.11 Å². The lowest BCUT2D eigenvalue weighted by atomic mass is 10.0. The van der Waals surface area contributed by atoms with Gasteiger partial charge in [0, 0.05) is 17.8 Å². The summed E-state index contributed by atoms with van der Waals surface area (Å²) in [6.45, 7) is 5.76. The summed E-state index contributed by atoms with van der Waals surface area (Å²) in [5, 5.41) is 3.00. The highest BCUT2D eigenvalue weighted by Crippen LogP contribution is 2.28. The van der Waals surface area contributed by atoms with E-state index in [4.69, 9.17) is 4.74 Å². The summed E-state index contributed by atoms with van der Waals surface area (Å²) in [4.78, 5) is 32.5. The number of aromatic nitrogens is 1. The molecule has 4 rings (SSSR count). The van der Waals surface area contributed by atoms with Crippen LogP contribution < -0.4 is 10.1 Å². The van der Waals surface area contributed by atoms with Crippen LogP contribution >= 0.6 is 0 Å². The number of methoxy groups -OCH3 is 1. The Bertz CT molecular complexity index is 1370. The number of amides is 2. The molecule has 0 unspecified atom stereocenters. The zero-order valence-corrected chi connectivity index (χ0v) is 22.0. The summed E-state index contributed by atoms with van der Waals surface area (Å²) in [6, 6.07) is 25.2. The minimum Gasteiger partial charge on any atom is -0.497 e. The van der Waals surface area contributed by atoms with Gasteiger partial charge >= 0.3 is 0 Å². The van der Waals surface area contributed by atoms with Gasteiger partial charge in [0.25, 0.3) is 5.91 Å². The van der Waals surface area contributed by atoms with E-state index in [-0.39, 0.29) is 18.4 Å². The van der Waals surface area contributed by atoms with Crippen LogP contribution in [-0.4, -0.2) is 34.3 Å². The Morgan fingerprint density at radius 1 is 0.921 bits per heavy atom. The van der Waals surface area contributed by atoms with Crippen molar-refractivity contribution < 1.29 is 18.7 Å². The third-order valence-corrected chi connectivity index (χ3v) is 6.02. The molecule has 0 saturated heterocycles. The van der Waals surface area contributed by atoms with Crippen LogP contribution in [0.4, 0.5) is 4.39 Å². The minimum absolute atomic E-state index is 0.141. The standard InChI is InChI=1S/C31H32FN3O3/c1-31(2,3)34-29(36)28(23-12-14-24(32)15-13-23)35(20-21-10-16-25(38-4)17-11-21)30(37)27-19-18-26(33-27)22-8-6-5-7-9-22/h5-19,28,33H,20H2,1-4H3,(H,34,36)/t28-/m1/s1. The van der Waals surface area contributed by atoms with Crippen molar-refractivity contribution in [3.63, 3.8) is 0 Å². The molecule has 0 spiro atoms. The molecule has 2 amide bonds. The second kappa shape index (κ2) is 11.3. The van der Waals surface area contributed by atoms with E-state index in [1.165, 1.54) is 17.0 Å². The van der Waals surface area contributed by atoms with E-state index >= 15 is 0 Å². The second-order valence-electron chi connectivity index (χ2n) is 10.1. The van der Waals surface area contributed by atoms with Gasteiger partial charge in [-0.15, -0.1) is 0 Å². The molecule has 196 valence electrons. The Kier molecular flexibility index (Phi) is 7.96. The first kappa shape index (κ1) is 26.7. The SMILES string of the molecule is COc1ccc(CN(C(=O)c2ccc(-c3ccccc3)[nH]2)[C@@H](C(=O)NC(C)(C)C)c2ccc(F)cc2)cc1. The van der Waals surface area contributed by atoms with Gasteiger partial charge in [-0.05, 0) is 73.9 Å². The lowest BCUT2D eigenvalue weighted by Gasteiger charge is -2.33. The van der Waals surface area contributed by atoms with Crippen molar-refractivity contribution in [1.82, 2.24) is 15.2 Å². The van der Waals surface area contributed by atoms with Crippen molar-refractivity contribution in [2.24, 2.45) is 0 Å². The van der Waals surface area contributed by atoms with Crippen molar-refractivity contribution in [3.05, 3.63) is 114 Å². The molecule has 2 N–H and O–H groups in total. The molecular weight excluding hydrogens is 481 g/mol. The van der Waals surface area contributed by atoms with Gasteiger partial charge in [0.2, 0.25) is 5.91 Å². The summed E-state index contributed by atoms with van der Waals surface area (Å²) in [5.41, 5.74) is 2.84. The van der Waals surface area contributed by atoms with Crippen LogP contribution in [-0.2, 0) is 11.3 Å². The fourth-order valence-electron chi connectivity index (χ4n) is 4.22. The number of ether oxygens (including phenoxy) is 1. The zero-order valence-electron chi connectivity index (χ0n) is 22.0. The highest BCUT2D eigenvalue weighted by atomic mass is 19.1. The first-order valence-electron chi connectivity index (χ1n) is 12.4. The van der Waals surface area contributed by atoms with Crippen molar-refractivity contribution in [3.8, 4) is 17.0 Å². The third-order valence-electron chi connectivity index (χ3n) is 6.02. The molecule has 1 atom stereocenters.